The van der Waals surface area contributed by atoms with Gasteiger partial charge in [0.2, 0.25) is 5.75 Å². The molecule has 3 N–H and O–H groups in total. The Bertz CT molecular complexity index is 1210. The number of nitrogens with zero attached hydrogens (tertiary/aromatic N) is 1. The van der Waals surface area contributed by atoms with Crippen molar-refractivity contribution < 1.29 is 28.5 Å². The second-order valence-corrected chi connectivity index (χ2v) is 7.05. The van der Waals surface area contributed by atoms with Crippen molar-refractivity contribution in [2.75, 3.05) is 26.1 Å². The molecule has 2 amide bonds. The first-order chi connectivity index (χ1) is 16.4. The van der Waals surface area contributed by atoms with Gasteiger partial charge in [0.15, 0.2) is 18.1 Å². The van der Waals surface area contributed by atoms with Gasteiger partial charge in [-0.15, -0.1) is 0 Å². The highest BCUT2D eigenvalue weighted by Gasteiger charge is 2.18. The molecular formula is C25H23N3O6. The molecule has 0 saturated carbocycles. The van der Waals surface area contributed by atoms with Crippen molar-refractivity contribution in [2.45, 2.75) is 6.61 Å². The number of primary amides is 1. The second kappa shape index (κ2) is 11.2. The number of nitrogens with two attached hydrogens (primary N) is 1. The molecule has 3 aromatic rings. The van der Waals surface area contributed by atoms with Crippen LogP contribution in [0, 0.1) is 11.3 Å². The fourth-order valence-electron chi connectivity index (χ4n) is 3.06. The summed E-state index contributed by atoms with van der Waals surface area (Å²) in [4.78, 5) is 23.9. The first-order valence-electron chi connectivity index (χ1n) is 10.1. The van der Waals surface area contributed by atoms with E-state index in [0.29, 0.717) is 17.0 Å². The minimum Gasteiger partial charge on any atom is -0.493 e. The van der Waals surface area contributed by atoms with E-state index in [1.807, 2.05) is 6.07 Å². The van der Waals surface area contributed by atoms with Gasteiger partial charge in [-0.25, -0.2) is 0 Å². The molecule has 0 spiro atoms. The molecule has 3 rings (SSSR count). The van der Waals surface area contributed by atoms with Crippen molar-refractivity contribution >= 4 is 17.5 Å². The van der Waals surface area contributed by atoms with Crippen molar-refractivity contribution in [3.8, 4) is 29.1 Å². The summed E-state index contributed by atoms with van der Waals surface area (Å²) in [6.45, 7) is -0.0973. The van der Waals surface area contributed by atoms with Gasteiger partial charge in [-0.3, -0.25) is 9.59 Å². The lowest BCUT2D eigenvalue weighted by Crippen LogP contribution is -2.20. The molecule has 9 nitrogen and oxygen atoms in total. The molecule has 34 heavy (non-hydrogen) atoms. The van der Waals surface area contributed by atoms with E-state index in [9.17, 15) is 9.59 Å². The van der Waals surface area contributed by atoms with E-state index in [1.54, 1.807) is 42.5 Å². The molecule has 0 aliphatic heterocycles. The van der Waals surface area contributed by atoms with E-state index in [0.717, 1.165) is 5.56 Å². The second-order valence-electron chi connectivity index (χ2n) is 7.05. The zero-order valence-corrected chi connectivity index (χ0v) is 18.7. The van der Waals surface area contributed by atoms with Crippen molar-refractivity contribution in [3.05, 3.63) is 77.4 Å². The topological polar surface area (TPSA) is 133 Å². The van der Waals surface area contributed by atoms with Crippen molar-refractivity contribution in [1.82, 2.24) is 0 Å². The number of nitriles is 1. The van der Waals surface area contributed by atoms with Gasteiger partial charge >= 0.3 is 0 Å². The number of nitrogens with one attached hydrogen (secondary N) is 1. The highest BCUT2D eigenvalue weighted by atomic mass is 16.5. The van der Waals surface area contributed by atoms with E-state index < -0.39 is 11.8 Å². The lowest BCUT2D eigenvalue weighted by Gasteiger charge is -2.15. The molecule has 0 aliphatic rings. The third-order valence-electron chi connectivity index (χ3n) is 4.64. The van der Waals surface area contributed by atoms with Gasteiger partial charge in [0.1, 0.15) is 12.4 Å². The van der Waals surface area contributed by atoms with Gasteiger partial charge in [0.05, 0.1) is 25.9 Å². The number of carbonyl (C=O) groups is 2. The summed E-state index contributed by atoms with van der Waals surface area (Å²) in [5, 5.41) is 11.8. The van der Waals surface area contributed by atoms with Gasteiger partial charge in [-0.2, -0.15) is 5.26 Å². The number of ether oxygens (including phenoxy) is 4. The van der Waals surface area contributed by atoms with Crippen LogP contribution in [0.5, 0.6) is 23.0 Å². The molecule has 174 valence electrons. The first kappa shape index (κ1) is 23.9. The lowest BCUT2D eigenvalue weighted by atomic mass is 10.1. The molecule has 0 atom stereocenters. The van der Waals surface area contributed by atoms with E-state index in [4.69, 9.17) is 29.9 Å². The van der Waals surface area contributed by atoms with Gasteiger partial charge in [0.25, 0.3) is 11.8 Å². The quantitative estimate of drug-likeness (QED) is 0.473. The van der Waals surface area contributed by atoms with Crippen LogP contribution in [0.2, 0.25) is 0 Å². The van der Waals surface area contributed by atoms with Gasteiger partial charge < -0.3 is 30.0 Å². The van der Waals surface area contributed by atoms with Crippen LogP contribution in [0.3, 0.4) is 0 Å². The predicted octanol–water partition coefficient (Wildman–Crippen LogP) is 3.27. The smallest absolute Gasteiger partial charge is 0.255 e. The highest BCUT2D eigenvalue weighted by Crippen LogP contribution is 2.38. The Hall–Kier alpha value is -4.71. The van der Waals surface area contributed by atoms with Crippen molar-refractivity contribution in [1.29, 1.82) is 5.26 Å². The Morgan fingerprint density at radius 2 is 1.68 bits per heavy atom. The van der Waals surface area contributed by atoms with Crippen molar-refractivity contribution in [2.24, 2.45) is 5.73 Å². The van der Waals surface area contributed by atoms with Gasteiger partial charge in [-0.1, -0.05) is 18.2 Å². The van der Waals surface area contributed by atoms with Crippen LogP contribution in [-0.4, -0.2) is 32.6 Å². The number of hydrogen-bond donors (Lipinski definition) is 2. The number of anilines is 1. The molecule has 0 radical (unpaired) electrons. The van der Waals surface area contributed by atoms with E-state index in [1.165, 1.54) is 26.4 Å². The third-order valence-corrected chi connectivity index (χ3v) is 4.64. The monoisotopic (exact) mass is 461 g/mol. The minimum absolute atomic E-state index is 0.163. The zero-order chi connectivity index (χ0) is 24.5. The number of carbonyl (C=O) groups excluding carboxylic acids is 2. The van der Waals surface area contributed by atoms with Crippen LogP contribution in [0.4, 0.5) is 5.69 Å². The van der Waals surface area contributed by atoms with E-state index >= 15 is 0 Å². The zero-order valence-electron chi connectivity index (χ0n) is 18.7. The largest absolute Gasteiger partial charge is 0.493 e. The fourth-order valence-corrected chi connectivity index (χ4v) is 3.06. The Morgan fingerprint density at radius 1 is 0.971 bits per heavy atom. The van der Waals surface area contributed by atoms with Crippen molar-refractivity contribution in [3.63, 3.8) is 0 Å². The third kappa shape index (κ3) is 6.17. The first-order valence-corrected chi connectivity index (χ1v) is 10.1. The molecule has 0 saturated heterocycles. The molecule has 0 heterocycles. The summed E-state index contributed by atoms with van der Waals surface area (Å²) >= 11 is 0. The lowest BCUT2D eigenvalue weighted by molar-refractivity contribution is -0.120. The number of benzene rings is 3. The van der Waals surface area contributed by atoms with Crippen LogP contribution >= 0.6 is 0 Å². The Labute approximate surface area is 196 Å². The Balaban J connectivity index is 1.73. The van der Waals surface area contributed by atoms with Crippen LogP contribution < -0.4 is 30.0 Å². The van der Waals surface area contributed by atoms with Crippen LogP contribution in [0.15, 0.2) is 60.7 Å². The molecule has 0 aromatic heterocycles. The SMILES string of the molecule is COc1cc(C(=O)Nc2cccc(OCc3cccc(C#N)c3)c2)cc(OC)c1OCC(N)=O. The van der Waals surface area contributed by atoms with E-state index in [2.05, 4.69) is 11.4 Å². The van der Waals surface area contributed by atoms with Crippen LogP contribution in [0.25, 0.3) is 0 Å². The minimum atomic E-state index is -0.661. The van der Waals surface area contributed by atoms with Crippen LogP contribution in [-0.2, 0) is 11.4 Å². The number of rotatable bonds is 10. The molecule has 0 aliphatic carbocycles. The van der Waals surface area contributed by atoms with Gasteiger partial charge in [-0.05, 0) is 42.0 Å². The summed E-state index contributed by atoms with van der Waals surface area (Å²) in [5.41, 5.74) is 7.31. The average Bonchev–Trinajstić information content (AvgIpc) is 2.85. The predicted molar refractivity (Wildman–Crippen MR) is 124 cm³/mol. The maximum absolute atomic E-state index is 12.9. The van der Waals surface area contributed by atoms with E-state index in [-0.39, 0.29) is 36.0 Å². The van der Waals surface area contributed by atoms with Crippen LogP contribution in [0.1, 0.15) is 21.5 Å². The molecular weight excluding hydrogens is 438 g/mol. The summed E-state index contributed by atoms with van der Waals surface area (Å²) in [7, 11) is 2.81. The fraction of sp³-hybridized carbons (Fsp3) is 0.160. The summed E-state index contributed by atoms with van der Waals surface area (Å²) in [5.74, 6) is 0.0503. The maximum Gasteiger partial charge on any atom is 0.255 e. The van der Waals surface area contributed by atoms with Gasteiger partial charge in [0, 0.05) is 17.3 Å². The molecule has 3 aromatic carbocycles. The summed E-state index contributed by atoms with van der Waals surface area (Å²) < 4.78 is 21.8. The molecule has 0 unspecified atom stereocenters. The average molecular weight is 461 g/mol. The summed E-state index contributed by atoms with van der Waals surface area (Å²) in [6.07, 6.45) is 0. The number of amides is 2. The Kier molecular flexibility index (Phi) is 7.92. The molecule has 0 fully saturated rings. The normalized spacial score (nSPS) is 10.0. The maximum atomic E-state index is 12.9. The summed E-state index contributed by atoms with van der Waals surface area (Å²) in [6, 6.07) is 19.1. The molecule has 9 heteroatoms. The standard InChI is InChI=1S/C25H23N3O6/c1-31-21-10-18(11-22(32-2)24(21)34-15-23(27)29)25(30)28-19-7-4-8-20(12-19)33-14-17-6-3-5-16(9-17)13-26/h3-12H,14-15H2,1-2H3,(H2,27,29)(H,28,30). The highest BCUT2D eigenvalue weighted by molar-refractivity contribution is 6.05. The number of hydrogen-bond acceptors (Lipinski definition) is 7. The Morgan fingerprint density at radius 3 is 2.32 bits per heavy atom. The molecule has 0 bridgehead atoms. The number of methoxy groups -OCH3 is 2.